The molecule has 0 bridgehead atoms. The molecule has 1 fully saturated rings. The maximum absolute atomic E-state index is 13.9. The maximum Gasteiger partial charge on any atom is 0.339 e. The first-order chi connectivity index (χ1) is 15.9. The minimum absolute atomic E-state index is 0.153. The van der Waals surface area contributed by atoms with Gasteiger partial charge in [-0.05, 0) is 55.1 Å². The monoisotopic (exact) mass is 485 g/mol. The van der Waals surface area contributed by atoms with Gasteiger partial charge >= 0.3 is 5.97 Å². The first-order valence-corrected chi connectivity index (χ1v) is 11.1. The highest BCUT2D eigenvalue weighted by Gasteiger charge is 2.35. The molecule has 1 aromatic heterocycles. The van der Waals surface area contributed by atoms with E-state index < -0.39 is 22.9 Å². The van der Waals surface area contributed by atoms with E-state index in [9.17, 15) is 18.8 Å². The molecule has 0 spiro atoms. The van der Waals surface area contributed by atoms with Crippen LogP contribution in [0, 0.1) is 5.82 Å². The van der Waals surface area contributed by atoms with E-state index in [-0.39, 0.29) is 34.2 Å². The average Bonchev–Trinajstić information content (AvgIpc) is 3.36. The molecule has 0 atom stereocenters. The molecule has 1 aliphatic heterocycles. The number of thioether (sulfide) groups is 1. The van der Waals surface area contributed by atoms with Gasteiger partial charge in [0.15, 0.2) is 0 Å². The zero-order valence-corrected chi connectivity index (χ0v) is 18.9. The predicted octanol–water partition coefficient (Wildman–Crippen LogP) is 6.15. The molecule has 1 saturated heterocycles. The molecule has 0 N–H and O–H groups in total. The molecule has 2 aromatic carbocycles. The largest absolute Gasteiger partial charge is 0.462 e. The second-order valence-electron chi connectivity index (χ2n) is 6.98. The fraction of sp³-hybridized carbons (Fsp3) is 0.125. The number of hydrogen-bond donors (Lipinski definition) is 0. The Morgan fingerprint density at radius 3 is 2.73 bits per heavy atom. The smallest absolute Gasteiger partial charge is 0.339 e. The summed E-state index contributed by atoms with van der Waals surface area (Å²) in [6.45, 7) is 1.77. The van der Waals surface area contributed by atoms with E-state index in [0.717, 1.165) is 16.7 Å². The lowest BCUT2D eigenvalue weighted by molar-refractivity contribution is -0.123. The summed E-state index contributed by atoms with van der Waals surface area (Å²) in [5, 5.41) is -0.231. The van der Waals surface area contributed by atoms with Gasteiger partial charge in [0.25, 0.3) is 11.1 Å². The number of esters is 1. The third-order valence-corrected chi connectivity index (χ3v) is 6.04. The third-order valence-electron chi connectivity index (χ3n) is 4.81. The number of carbonyl (C=O) groups excluding carboxylic acids is 3. The molecular formula is C24H17ClFNO5S. The second-order valence-corrected chi connectivity index (χ2v) is 8.38. The van der Waals surface area contributed by atoms with Crippen molar-refractivity contribution in [2.45, 2.75) is 13.5 Å². The van der Waals surface area contributed by atoms with E-state index in [0.29, 0.717) is 17.1 Å². The fourth-order valence-corrected chi connectivity index (χ4v) is 4.20. The lowest BCUT2D eigenvalue weighted by Gasteiger charge is -2.12. The quantitative estimate of drug-likeness (QED) is 0.308. The van der Waals surface area contributed by atoms with Crippen molar-refractivity contribution in [3.05, 3.63) is 87.2 Å². The topological polar surface area (TPSA) is 76.8 Å². The number of halogens is 2. The van der Waals surface area contributed by atoms with Crippen LogP contribution in [0.3, 0.4) is 0 Å². The Kier molecular flexibility index (Phi) is 6.67. The van der Waals surface area contributed by atoms with Crippen LogP contribution in [0.4, 0.5) is 9.18 Å². The first kappa shape index (κ1) is 22.8. The number of rotatable bonds is 6. The summed E-state index contributed by atoms with van der Waals surface area (Å²) in [4.78, 5) is 38.3. The van der Waals surface area contributed by atoms with Crippen LogP contribution in [0.25, 0.3) is 17.4 Å². The van der Waals surface area contributed by atoms with Crippen LogP contribution >= 0.6 is 23.4 Å². The summed E-state index contributed by atoms with van der Waals surface area (Å²) in [7, 11) is 0. The Morgan fingerprint density at radius 1 is 1.18 bits per heavy atom. The van der Waals surface area contributed by atoms with Gasteiger partial charge in [-0.25, -0.2) is 9.18 Å². The molecule has 9 heteroatoms. The van der Waals surface area contributed by atoms with Crippen molar-refractivity contribution >= 4 is 46.6 Å². The van der Waals surface area contributed by atoms with Crippen molar-refractivity contribution in [3.63, 3.8) is 0 Å². The van der Waals surface area contributed by atoms with Gasteiger partial charge in [0.2, 0.25) is 0 Å². The third kappa shape index (κ3) is 4.86. The molecule has 3 aromatic rings. The van der Waals surface area contributed by atoms with E-state index >= 15 is 0 Å². The lowest BCUT2D eigenvalue weighted by Crippen LogP contribution is -2.27. The van der Waals surface area contributed by atoms with E-state index in [4.69, 9.17) is 20.8 Å². The van der Waals surface area contributed by atoms with Crippen molar-refractivity contribution in [2.24, 2.45) is 0 Å². The van der Waals surface area contributed by atoms with Crippen molar-refractivity contribution in [3.8, 4) is 11.3 Å². The molecule has 0 radical (unpaired) electrons. The Balaban J connectivity index is 1.55. The maximum atomic E-state index is 13.9. The highest BCUT2D eigenvalue weighted by atomic mass is 35.5. The molecule has 6 nitrogen and oxygen atoms in total. The number of amides is 2. The molecule has 0 saturated carbocycles. The zero-order valence-electron chi connectivity index (χ0n) is 17.3. The van der Waals surface area contributed by atoms with E-state index in [1.54, 1.807) is 43.3 Å². The normalized spacial score (nSPS) is 14.9. The SMILES string of the molecule is CCOC(=O)c1cc(-c2ccc(/C=C3\SC(=O)N(Cc4ccccc4F)C3=O)o2)ccc1Cl. The highest BCUT2D eigenvalue weighted by Crippen LogP contribution is 2.35. The minimum atomic E-state index is -0.542. The number of hydrogen-bond acceptors (Lipinski definition) is 6. The predicted molar refractivity (Wildman–Crippen MR) is 123 cm³/mol. The van der Waals surface area contributed by atoms with Gasteiger partial charge in [0.05, 0.1) is 28.6 Å². The molecule has 0 unspecified atom stereocenters. The summed E-state index contributed by atoms with van der Waals surface area (Å²) in [5.74, 6) is -0.772. The van der Waals surface area contributed by atoms with Crippen LogP contribution in [-0.4, -0.2) is 28.6 Å². The molecule has 2 amide bonds. The average molecular weight is 486 g/mol. The van der Waals surface area contributed by atoms with Gasteiger partial charge in [-0.3, -0.25) is 14.5 Å². The fourth-order valence-electron chi connectivity index (χ4n) is 3.19. The Morgan fingerprint density at radius 2 is 1.97 bits per heavy atom. The Labute approximate surface area is 198 Å². The zero-order chi connectivity index (χ0) is 23.5. The van der Waals surface area contributed by atoms with Gasteiger partial charge in [-0.15, -0.1) is 0 Å². The highest BCUT2D eigenvalue weighted by molar-refractivity contribution is 8.18. The number of nitrogens with zero attached hydrogens (tertiary/aromatic N) is 1. The van der Waals surface area contributed by atoms with Crippen LogP contribution in [0.15, 0.2) is 63.9 Å². The van der Waals surface area contributed by atoms with Crippen LogP contribution in [0.5, 0.6) is 0 Å². The number of benzene rings is 2. The number of imide groups is 1. The summed E-state index contributed by atoms with van der Waals surface area (Å²) in [6, 6.07) is 14.1. The number of ether oxygens (including phenoxy) is 1. The van der Waals surface area contributed by atoms with Crippen molar-refractivity contribution in [1.29, 1.82) is 0 Å². The molecule has 0 aliphatic carbocycles. The minimum Gasteiger partial charge on any atom is -0.462 e. The summed E-state index contributed by atoms with van der Waals surface area (Å²) in [5.41, 5.74) is 1.06. The molecule has 168 valence electrons. The van der Waals surface area contributed by atoms with Gasteiger partial charge in [0.1, 0.15) is 17.3 Å². The standard InChI is InChI=1S/C24H17ClFNO5S/c1-2-31-23(29)17-11-14(7-9-18(17)25)20-10-8-16(32-20)12-21-22(28)27(24(30)33-21)13-15-5-3-4-6-19(15)26/h3-12H,2,13H2,1H3/b21-12-. The second kappa shape index (κ2) is 9.64. The summed E-state index contributed by atoms with van der Waals surface area (Å²) in [6.07, 6.45) is 1.46. The Hall–Kier alpha value is -3.36. The molecule has 2 heterocycles. The number of carbonyl (C=O) groups is 3. The summed E-state index contributed by atoms with van der Waals surface area (Å²) >= 11 is 6.86. The van der Waals surface area contributed by atoms with E-state index in [2.05, 4.69) is 0 Å². The number of furan rings is 1. The van der Waals surface area contributed by atoms with Gasteiger partial charge in [-0.2, -0.15) is 0 Å². The van der Waals surface area contributed by atoms with Crippen molar-refractivity contribution < 1.29 is 27.9 Å². The Bertz CT molecular complexity index is 1290. The van der Waals surface area contributed by atoms with Crippen LogP contribution in [0.2, 0.25) is 5.02 Å². The molecular weight excluding hydrogens is 469 g/mol. The van der Waals surface area contributed by atoms with E-state index in [1.165, 1.54) is 24.3 Å². The van der Waals surface area contributed by atoms with Crippen molar-refractivity contribution in [2.75, 3.05) is 6.61 Å². The van der Waals surface area contributed by atoms with Crippen LogP contribution in [0.1, 0.15) is 28.6 Å². The molecule has 33 heavy (non-hydrogen) atoms. The summed E-state index contributed by atoms with van der Waals surface area (Å²) < 4.78 is 24.7. The van der Waals surface area contributed by atoms with Crippen LogP contribution < -0.4 is 0 Å². The molecule has 1 aliphatic rings. The van der Waals surface area contributed by atoms with Crippen LogP contribution in [-0.2, 0) is 16.1 Å². The van der Waals surface area contributed by atoms with Gasteiger partial charge in [0, 0.05) is 17.2 Å². The van der Waals surface area contributed by atoms with Crippen molar-refractivity contribution in [1.82, 2.24) is 4.90 Å². The first-order valence-electron chi connectivity index (χ1n) is 9.93. The lowest BCUT2D eigenvalue weighted by atomic mass is 10.1. The molecule has 4 rings (SSSR count). The van der Waals surface area contributed by atoms with Gasteiger partial charge in [-0.1, -0.05) is 29.8 Å². The van der Waals surface area contributed by atoms with E-state index in [1.807, 2.05) is 0 Å². The van der Waals surface area contributed by atoms with Gasteiger partial charge < -0.3 is 9.15 Å².